The van der Waals surface area contributed by atoms with Gasteiger partial charge in [-0.25, -0.2) is 9.97 Å². The molecule has 0 aliphatic rings. The van der Waals surface area contributed by atoms with E-state index in [0.29, 0.717) is 19.1 Å². The first kappa shape index (κ1) is 12.7. The molecular formula is C11H19N3O2. The maximum atomic E-state index is 5.41. The fourth-order valence-electron chi connectivity index (χ4n) is 1.11. The third-order valence-corrected chi connectivity index (χ3v) is 2.02. The first-order chi connectivity index (χ1) is 7.86. The first-order valence-electron chi connectivity index (χ1n) is 5.57. The van der Waals surface area contributed by atoms with Crippen molar-refractivity contribution in [3.63, 3.8) is 0 Å². The van der Waals surface area contributed by atoms with Crippen LogP contribution in [0.1, 0.15) is 19.8 Å². The third kappa shape index (κ3) is 4.93. The molecule has 1 aromatic rings. The molecule has 0 fully saturated rings. The lowest BCUT2D eigenvalue weighted by Crippen LogP contribution is -2.08. The van der Waals surface area contributed by atoms with Crippen LogP contribution in [-0.4, -0.2) is 36.8 Å². The zero-order chi connectivity index (χ0) is 11.6. The van der Waals surface area contributed by atoms with Gasteiger partial charge in [0.15, 0.2) is 0 Å². The fourth-order valence-corrected chi connectivity index (χ4v) is 1.11. The molecule has 5 nitrogen and oxygen atoms in total. The van der Waals surface area contributed by atoms with Crippen molar-refractivity contribution in [2.24, 2.45) is 0 Å². The number of nitrogens with one attached hydrogen (secondary N) is 1. The molecular weight excluding hydrogens is 206 g/mol. The number of nitrogens with zero attached hydrogens (tertiary/aromatic N) is 2. The summed E-state index contributed by atoms with van der Waals surface area (Å²) in [4.78, 5) is 7.99. The average molecular weight is 225 g/mol. The lowest BCUT2D eigenvalue weighted by Gasteiger charge is -2.06. The van der Waals surface area contributed by atoms with Crippen molar-refractivity contribution in [2.45, 2.75) is 19.8 Å². The Morgan fingerprint density at radius 2 is 2.12 bits per heavy atom. The molecule has 90 valence electrons. The minimum atomic E-state index is 0.518. The van der Waals surface area contributed by atoms with Crippen molar-refractivity contribution in [1.82, 2.24) is 9.97 Å². The molecule has 0 aliphatic carbocycles. The zero-order valence-corrected chi connectivity index (χ0v) is 9.90. The molecule has 0 saturated heterocycles. The van der Waals surface area contributed by atoms with E-state index >= 15 is 0 Å². The van der Waals surface area contributed by atoms with Crippen LogP contribution in [0.4, 0.5) is 5.82 Å². The second-order valence-corrected chi connectivity index (χ2v) is 3.31. The van der Waals surface area contributed by atoms with E-state index in [-0.39, 0.29) is 0 Å². The van der Waals surface area contributed by atoms with Crippen LogP contribution >= 0.6 is 0 Å². The van der Waals surface area contributed by atoms with Crippen molar-refractivity contribution < 1.29 is 9.47 Å². The van der Waals surface area contributed by atoms with Gasteiger partial charge in [0.25, 0.3) is 0 Å². The Labute approximate surface area is 96.2 Å². The number of unbranched alkanes of at least 4 members (excludes halogenated alkanes) is 1. The summed E-state index contributed by atoms with van der Waals surface area (Å²) < 4.78 is 10.8. The Bertz CT molecular complexity index is 294. The van der Waals surface area contributed by atoms with E-state index < -0.39 is 0 Å². The van der Waals surface area contributed by atoms with E-state index in [2.05, 4.69) is 22.2 Å². The topological polar surface area (TPSA) is 56.3 Å². The molecule has 0 aromatic carbocycles. The lowest BCUT2D eigenvalue weighted by atomic mass is 10.4. The summed E-state index contributed by atoms with van der Waals surface area (Å²) in [7, 11) is 1.81. The molecule has 5 heteroatoms. The van der Waals surface area contributed by atoms with Gasteiger partial charge in [0, 0.05) is 19.7 Å². The van der Waals surface area contributed by atoms with Crippen LogP contribution in [-0.2, 0) is 4.74 Å². The minimum Gasteiger partial charge on any atom is -0.475 e. The largest absolute Gasteiger partial charge is 0.475 e. The highest BCUT2D eigenvalue weighted by Crippen LogP contribution is 2.09. The number of rotatable bonds is 8. The monoisotopic (exact) mass is 225 g/mol. The standard InChI is InChI=1S/C11H19N3O2/c1-3-4-5-15-6-7-16-11-8-10(12-2)13-9-14-11/h8-9H,3-7H2,1-2H3,(H,12,13,14). The van der Waals surface area contributed by atoms with Gasteiger partial charge >= 0.3 is 0 Å². The maximum absolute atomic E-state index is 5.41. The predicted octanol–water partition coefficient (Wildman–Crippen LogP) is 1.71. The van der Waals surface area contributed by atoms with E-state index in [4.69, 9.17) is 9.47 Å². The van der Waals surface area contributed by atoms with Crippen molar-refractivity contribution in [3.05, 3.63) is 12.4 Å². The smallest absolute Gasteiger partial charge is 0.218 e. The summed E-state index contributed by atoms with van der Waals surface area (Å²) in [6, 6.07) is 1.76. The highest BCUT2D eigenvalue weighted by molar-refractivity contribution is 5.35. The molecule has 0 bridgehead atoms. The number of ether oxygens (including phenoxy) is 2. The highest BCUT2D eigenvalue weighted by Gasteiger charge is 1.97. The molecule has 0 aliphatic heterocycles. The van der Waals surface area contributed by atoms with E-state index in [1.807, 2.05) is 0 Å². The first-order valence-corrected chi connectivity index (χ1v) is 5.57. The van der Waals surface area contributed by atoms with Crippen LogP contribution in [0.25, 0.3) is 0 Å². The Kier molecular flexibility index (Phi) is 6.25. The van der Waals surface area contributed by atoms with Gasteiger partial charge < -0.3 is 14.8 Å². The molecule has 1 N–H and O–H groups in total. The van der Waals surface area contributed by atoms with Crippen LogP contribution in [0.15, 0.2) is 12.4 Å². The van der Waals surface area contributed by atoms with Gasteiger partial charge in [-0.3, -0.25) is 0 Å². The van der Waals surface area contributed by atoms with Crippen molar-refractivity contribution in [1.29, 1.82) is 0 Å². The summed E-state index contributed by atoms with van der Waals surface area (Å²) in [6.07, 6.45) is 3.72. The summed E-state index contributed by atoms with van der Waals surface area (Å²) in [5.41, 5.74) is 0. The quantitative estimate of drug-likeness (QED) is 0.683. The van der Waals surface area contributed by atoms with Crippen molar-refractivity contribution in [3.8, 4) is 5.88 Å². The van der Waals surface area contributed by atoms with Crippen LogP contribution in [0.5, 0.6) is 5.88 Å². The third-order valence-electron chi connectivity index (χ3n) is 2.02. The Balaban J connectivity index is 2.16. The van der Waals surface area contributed by atoms with Gasteiger partial charge in [-0.15, -0.1) is 0 Å². The summed E-state index contributed by atoms with van der Waals surface area (Å²) in [5, 5.41) is 2.92. The molecule has 1 rings (SSSR count). The predicted molar refractivity (Wildman–Crippen MR) is 62.8 cm³/mol. The number of anilines is 1. The van der Waals surface area contributed by atoms with Crippen LogP contribution < -0.4 is 10.1 Å². The SMILES string of the molecule is CCCCOCCOc1cc(NC)ncn1. The summed E-state index contributed by atoms with van der Waals surface area (Å²) in [6.45, 7) is 4.05. The van der Waals surface area contributed by atoms with E-state index in [0.717, 1.165) is 25.3 Å². The number of hydrogen-bond acceptors (Lipinski definition) is 5. The molecule has 1 aromatic heterocycles. The van der Waals surface area contributed by atoms with Crippen LogP contribution in [0, 0.1) is 0 Å². The zero-order valence-electron chi connectivity index (χ0n) is 9.90. The second kappa shape index (κ2) is 7.87. The maximum Gasteiger partial charge on any atom is 0.218 e. The van der Waals surface area contributed by atoms with Gasteiger partial charge in [-0.2, -0.15) is 0 Å². The van der Waals surface area contributed by atoms with Crippen LogP contribution in [0.3, 0.4) is 0 Å². The molecule has 16 heavy (non-hydrogen) atoms. The minimum absolute atomic E-state index is 0.518. The van der Waals surface area contributed by atoms with E-state index in [1.165, 1.54) is 6.33 Å². The van der Waals surface area contributed by atoms with E-state index in [9.17, 15) is 0 Å². The molecule has 0 atom stereocenters. The van der Waals surface area contributed by atoms with Crippen molar-refractivity contribution in [2.75, 3.05) is 32.2 Å². The fraction of sp³-hybridized carbons (Fsp3) is 0.636. The number of hydrogen-bond donors (Lipinski definition) is 1. The Morgan fingerprint density at radius 1 is 1.25 bits per heavy atom. The van der Waals surface area contributed by atoms with Gasteiger partial charge in [-0.1, -0.05) is 13.3 Å². The van der Waals surface area contributed by atoms with Gasteiger partial charge in [-0.05, 0) is 6.42 Å². The molecule has 1 heterocycles. The molecule has 0 unspecified atom stereocenters. The molecule has 0 spiro atoms. The van der Waals surface area contributed by atoms with E-state index in [1.54, 1.807) is 13.1 Å². The molecule has 0 saturated carbocycles. The van der Waals surface area contributed by atoms with Gasteiger partial charge in [0.05, 0.1) is 6.61 Å². The average Bonchev–Trinajstić information content (AvgIpc) is 2.34. The summed E-state index contributed by atoms with van der Waals surface area (Å²) >= 11 is 0. The molecule has 0 amide bonds. The Hall–Kier alpha value is -1.36. The highest BCUT2D eigenvalue weighted by atomic mass is 16.5. The van der Waals surface area contributed by atoms with Gasteiger partial charge in [0.1, 0.15) is 18.8 Å². The second-order valence-electron chi connectivity index (χ2n) is 3.31. The van der Waals surface area contributed by atoms with Gasteiger partial charge in [0.2, 0.25) is 5.88 Å². The molecule has 0 radical (unpaired) electrons. The normalized spacial score (nSPS) is 10.1. The lowest BCUT2D eigenvalue weighted by molar-refractivity contribution is 0.0965. The number of aromatic nitrogens is 2. The summed E-state index contributed by atoms with van der Waals surface area (Å²) in [5.74, 6) is 1.32. The Morgan fingerprint density at radius 3 is 2.88 bits per heavy atom. The van der Waals surface area contributed by atoms with Crippen LogP contribution in [0.2, 0.25) is 0 Å². The van der Waals surface area contributed by atoms with Crippen molar-refractivity contribution >= 4 is 5.82 Å².